The van der Waals surface area contributed by atoms with Crippen molar-refractivity contribution in [2.24, 2.45) is 29.2 Å². The maximum Gasteiger partial charge on any atom is 0.0139 e. The lowest BCUT2D eigenvalue weighted by Crippen LogP contribution is -2.23. The van der Waals surface area contributed by atoms with E-state index in [0.717, 1.165) is 30.8 Å². The average molecular weight is 152 g/mol. The third-order valence-electron chi connectivity index (χ3n) is 3.20. The fourth-order valence-corrected chi connectivity index (χ4v) is 2.66. The van der Waals surface area contributed by atoms with Gasteiger partial charge in [-0.05, 0) is 37.1 Å². The Hall–Kier alpha value is -0.340. The number of rotatable bonds is 2. The predicted molar refractivity (Wildman–Crippen MR) is 45.9 cm³/mol. The molecule has 2 aliphatic carbocycles. The SMILES string of the molecule is NCC1=CC2CC(CN)C1C2. The first kappa shape index (κ1) is 7.32. The minimum Gasteiger partial charge on any atom is -0.330 e. The van der Waals surface area contributed by atoms with Crippen molar-refractivity contribution in [3.63, 3.8) is 0 Å². The topological polar surface area (TPSA) is 52.0 Å². The second-order valence-electron chi connectivity index (χ2n) is 3.78. The van der Waals surface area contributed by atoms with Crippen LogP contribution in [-0.2, 0) is 0 Å². The van der Waals surface area contributed by atoms with Crippen LogP contribution in [-0.4, -0.2) is 13.1 Å². The summed E-state index contributed by atoms with van der Waals surface area (Å²) < 4.78 is 0. The predicted octanol–water partition coefficient (Wildman–Crippen LogP) is 0.486. The molecular weight excluding hydrogens is 136 g/mol. The Balaban J connectivity index is 2.12. The van der Waals surface area contributed by atoms with E-state index < -0.39 is 0 Å². The third-order valence-corrected chi connectivity index (χ3v) is 3.20. The zero-order valence-electron chi connectivity index (χ0n) is 6.79. The zero-order chi connectivity index (χ0) is 7.84. The Morgan fingerprint density at radius 1 is 1.36 bits per heavy atom. The molecule has 2 nitrogen and oxygen atoms in total. The van der Waals surface area contributed by atoms with E-state index in [-0.39, 0.29) is 0 Å². The Labute approximate surface area is 67.6 Å². The van der Waals surface area contributed by atoms with Crippen molar-refractivity contribution in [2.75, 3.05) is 13.1 Å². The van der Waals surface area contributed by atoms with Crippen LogP contribution in [0.5, 0.6) is 0 Å². The van der Waals surface area contributed by atoms with E-state index in [0.29, 0.717) is 0 Å². The number of nitrogens with two attached hydrogens (primary N) is 2. The van der Waals surface area contributed by atoms with Gasteiger partial charge < -0.3 is 11.5 Å². The maximum atomic E-state index is 5.67. The molecule has 2 bridgehead atoms. The summed E-state index contributed by atoms with van der Waals surface area (Å²) in [7, 11) is 0. The van der Waals surface area contributed by atoms with Gasteiger partial charge in [-0.3, -0.25) is 0 Å². The quantitative estimate of drug-likeness (QED) is 0.566. The molecule has 0 amide bonds. The van der Waals surface area contributed by atoms with Crippen molar-refractivity contribution in [1.29, 1.82) is 0 Å². The second-order valence-corrected chi connectivity index (χ2v) is 3.78. The highest BCUT2D eigenvalue weighted by atomic mass is 14.6. The Morgan fingerprint density at radius 3 is 2.73 bits per heavy atom. The molecule has 11 heavy (non-hydrogen) atoms. The molecule has 4 N–H and O–H groups in total. The van der Waals surface area contributed by atoms with Crippen LogP contribution >= 0.6 is 0 Å². The zero-order valence-corrected chi connectivity index (χ0v) is 6.79. The largest absolute Gasteiger partial charge is 0.330 e. The molecule has 0 heterocycles. The van der Waals surface area contributed by atoms with Gasteiger partial charge in [0.05, 0.1) is 0 Å². The molecule has 0 saturated heterocycles. The van der Waals surface area contributed by atoms with Crippen LogP contribution in [0.4, 0.5) is 0 Å². The normalized spacial score (nSPS) is 41.3. The summed E-state index contributed by atoms with van der Waals surface area (Å²) in [5, 5.41) is 0. The molecule has 0 aromatic rings. The molecule has 0 aromatic heterocycles. The molecule has 0 aromatic carbocycles. The van der Waals surface area contributed by atoms with Crippen molar-refractivity contribution in [2.45, 2.75) is 12.8 Å². The van der Waals surface area contributed by atoms with Crippen molar-refractivity contribution in [3.05, 3.63) is 11.6 Å². The Kier molecular flexibility index (Phi) is 1.74. The summed E-state index contributed by atoms with van der Waals surface area (Å²) >= 11 is 0. The number of hydrogen-bond donors (Lipinski definition) is 2. The smallest absolute Gasteiger partial charge is 0.0139 e. The van der Waals surface area contributed by atoms with Gasteiger partial charge in [0.1, 0.15) is 0 Å². The fraction of sp³-hybridized carbons (Fsp3) is 0.778. The highest BCUT2D eigenvalue weighted by molar-refractivity contribution is 5.22. The minimum atomic E-state index is 0.739. The van der Waals surface area contributed by atoms with Crippen LogP contribution in [0, 0.1) is 17.8 Å². The van der Waals surface area contributed by atoms with Crippen LogP contribution in [0.1, 0.15) is 12.8 Å². The lowest BCUT2D eigenvalue weighted by Gasteiger charge is -2.20. The molecule has 0 spiro atoms. The molecule has 2 heteroatoms. The third kappa shape index (κ3) is 1.01. The van der Waals surface area contributed by atoms with Gasteiger partial charge in [0.15, 0.2) is 0 Å². The Morgan fingerprint density at radius 2 is 2.18 bits per heavy atom. The van der Waals surface area contributed by atoms with Gasteiger partial charge in [-0.15, -0.1) is 0 Å². The summed E-state index contributed by atoms with van der Waals surface area (Å²) in [4.78, 5) is 0. The van der Waals surface area contributed by atoms with E-state index in [4.69, 9.17) is 11.5 Å². The van der Waals surface area contributed by atoms with E-state index in [2.05, 4.69) is 6.08 Å². The lowest BCUT2D eigenvalue weighted by atomic mass is 9.87. The number of fused-ring (bicyclic) bond motifs is 2. The van der Waals surface area contributed by atoms with Gasteiger partial charge >= 0.3 is 0 Å². The molecule has 0 aliphatic heterocycles. The number of allylic oxidation sites excluding steroid dienone is 1. The van der Waals surface area contributed by atoms with E-state index in [1.54, 1.807) is 0 Å². The van der Waals surface area contributed by atoms with Crippen LogP contribution in [0.2, 0.25) is 0 Å². The lowest BCUT2D eigenvalue weighted by molar-refractivity contribution is 0.436. The van der Waals surface area contributed by atoms with Crippen molar-refractivity contribution >= 4 is 0 Å². The summed E-state index contributed by atoms with van der Waals surface area (Å²) in [6.07, 6.45) is 5.01. The summed E-state index contributed by atoms with van der Waals surface area (Å²) in [5.74, 6) is 2.30. The van der Waals surface area contributed by atoms with Gasteiger partial charge in [0.25, 0.3) is 0 Å². The summed E-state index contributed by atoms with van der Waals surface area (Å²) in [6, 6.07) is 0. The first-order valence-corrected chi connectivity index (χ1v) is 4.46. The van der Waals surface area contributed by atoms with Crippen LogP contribution in [0.3, 0.4) is 0 Å². The molecule has 62 valence electrons. The van der Waals surface area contributed by atoms with E-state index >= 15 is 0 Å². The van der Waals surface area contributed by atoms with Gasteiger partial charge in [0.2, 0.25) is 0 Å². The Bertz CT molecular complexity index is 186. The van der Waals surface area contributed by atoms with Gasteiger partial charge in [-0.1, -0.05) is 11.6 Å². The van der Waals surface area contributed by atoms with E-state index in [1.807, 2.05) is 0 Å². The van der Waals surface area contributed by atoms with Gasteiger partial charge in [0, 0.05) is 6.54 Å². The van der Waals surface area contributed by atoms with Gasteiger partial charge in [-0.25, -0.2) is 0 Å². The summed E-state index contributed by atoms with van der Waals surface area (Å²) in [6.45, 7) is 1.59. The molecule has 0 radical (unpaired) electrons. The average Bonchev–Trinajstić information content (AvgIpc) is 2.60. The van der Waals surface area contributed by atoms with Gasteiger partial charge in [-0.2, -0.15) is 0 Å². The molecular formula is C9H16N2. The summed E-state index contributed by atoms with van der Waals surface area (Å²) in [5.41, 5.74) is 12.8. The highest BCUT2D eigenvalue weighted by Crippen LogP contribution is 2.46. The van der Waals surface area contributed by atoms with Crippen molar-refractivity contribution in [1.82, 2.24) is 0 Å². The fourth-order valence-electron chi connectivity index (χ4n) is 2.66. The first-order chi connectivity index (χ1) is 5.35. The number of hydrogen-bond acceptors (Lipinski definition) is 2. The van der Waals surface area contributed by atoms with Crippen molar-refractivity contribution in [3.8, 4) is 0 Å². The monoisotopic (exact) mass is 152 g/mol. The molecule has 3 unspecified atom stereocenters. The van der Waals surface area contributed by atoms with Crippen LogP contribution in [0.15, 0.2) is 11.6 Å². The molecule has 2 rings (SSSR count). The van der Waals surface area contributed by atoms with Crippen LogP contribution in [0.25, 0.3) is 0 Å². The first-order valence-electron chi connectivity index (χ1n) is 4.46. The van der Waals surface area contributed by atoms with Crippen molar-refractivity contribution < 1.29 is 0 Å². The highest BCUT2D eigenvalue weighted by Gasteiger charge is 2.38. The molecule has 2 aliphatic rings. The van der Waals surface area contributed by atoms with E-state index in [9.17, 15) is 0 Å². The molecule has 1 saturated carbocycles. The van der Waals surface area contributed by atoms with E-state index in [1.165, 1.54) is 18.4 Å². The molecule has 1 fully saturated rings. The standard InChI is InChI=1S/C9H16N2/c10-4-7-1-6-2-8(5-11)9(7)3-6/h1,6,8-9H,2-5,10-11H2. The maximum absolute atomic E-state index is 5.67. The van der Waals surface area contributed by atoms with Crippen LogP contribution < -0.4 is 11.5 Å². The second kappa shape index (κ2) is 2.61. The molecule has 3 atom stereocenters. The minimum absolute atomic E-state index is 0.739.